The van der Waals surface area contributed by atoms with E-state index in [1.54, 1.807) is 60.7 Å². The average Bonchev–Trinajstić information content (AvgIpc) is 2.70. The highest BCUT2D eigenvalue weighted by molar-refractivity contribution is 6.32. The van der Waals surface area contributed by atoms with Crippen molar-refractivity contribution in [2.45, 2.75) is 0 Å². The molecule has 8 heteroatoms. The van der Waals surface area contributed by atoms with Gasteiger partial charge in [0.05, 0.1) is 16.9 Å². The quantitative estimate of drug-likeness (QED) is 0.311. The van der Waals surface area contributed by atoms with Crippen molar-refractivity contribution in [1.82, 2.24) is 5.43 Å². The molecule has 0 saturated heterocycles. The maximum atomic E-state index is 12.0. The van der Waals surface area contributed by atoms with Crippen molar-refractivity contribution in [3.05, 3.63) is 87.9 Å². The summed E-state index contributed by atoms with van der Waals surface area (Å²) in [6.45, 7) is 0. The predicted molar refractivity (Wildman–Crippen MR) is 110 cm³/mol. The van der Waals surface area contributed by atoms with Gasteiger partial charge in [0, 0.05) is 16.1 Å². The summed E-state index contributed by atoms with van der Waals surface area (Å²) in [6, 6.07) is 18.1. The molecule has 0 bridgehead atoms. The molecule has 0 aliphatic heterocycles. The van der Waals surface area contributed by atoms with Gasteiger partial charge in [0.2, 0.25) is 0 Å². The minimum Gasteiger partial charge on any atom is -0.507 e. The van der Waals surface area contributed by atoms with Crippen molar-refractivity contribution < 1.29 is 9.90 Å². The van der Waals surface area contributed by atoms with Gasteiger partial charge in [-0.25, -0.2) is 5.43 Å². The van der Waals surface area contributed by atoms with Crippen LogP contribution in [-0.4, -0.2) is 17.2 Å². The Bertz CT molecular complexity index is 1050. The molecule has 0 heterocycles. The van der Waals surface area contributed by atoms with E-state index in [9.17, 15) is 9.90 Å². The number of benzene rings is 3. The fourth-order valence-electron chi connectivity index (χ4n) is 2.18. The molecule has 0 fully saturated rings. The standard InChI is InChI=1S/C20H14Cl2N4O2/c21-15-7-5-13(6-8-15)20(28)26-23-12-14-11-16(9-10-19(14)27)24-25-18-4-2-1-3-17(18)22/h1-12,27H,(H,26,28)/b23-12-,25-24?. The Morgan fingerprint density at radius 3 is 2.46 bits per heavy atom. The first-order chi connectivity index (χ1) is 13.5. The van der Waals surface area contributed by atoms with Gasteiger partial charge in [-0.15, -0.1) is 5.11 Å². The van der Waals surface area contributed by atoms with E-state index in [1.165, 1.54) is 12.3 Å². The Balaban J connectivity index is 1.71. The number of carbonyl (C=O) groups excluding carboxylic acids is 1. The number of phenolic OH excluding ortho intramolecular Hbond substituents is 1. The second kappa shape index (κ2) is 9.12. The second-order valence-corrected chi connectivity index (χ2v) is 6.44. The molecule has 0 spiro atoms. The number of aromatic hydroxyl groups is 1. The van der Waals surface area contributed by atoms with E-state index in [0.29, 0.717) is 32.5 Å². The predicted octanol–water partition coefficient (Wildman–Crippen LogP) is 5.88. The first-order valence-corrected chi connectivity index (χ1v) is 8.87. The van der Waals surface area contributed by atoms with E-state index >= 15 is 0 Å². The first-order valence-electron chi connectivity index (χ1n) is 8.11. The van der Waals surface area contributed by atoms with Crippen molar-refractivity contribution in [2.75, 3.05) is 0 Å². The van der Waals surface area contributed by atoms with E-state index in [1.807, 2.05) is 0 Å². The molecule has 0 aromatic heterocycles. The summed E-state index contributed by atoms with van der Waals surface area (Å²) in [4.78, 5) is 12.0. The summed E-state index contributed by atoms with van der Waals surface area (Å²) in [6.07, 6.45) is 1.32. The molecule has 6 nitrogen and oxygen atoms in total. The summed E-state index contributed by atoms with van der Waals surface area (Å²) >= 11 is 11.8. The lowest BCUT2D eigenvalue weighted by Crippen LogP contribution is -2.17. The van der Waals surface area contributed by atoms with Gasteiger partial charge < -0.3 is 5.11 Å². The Kier molecular flexibility index (Phi) is 6.37. The molecule has 0 radical (unpaired) electrons. The summed E-state index contributed by atoms with van der Waals surface area (Å²) in [7, 11) is 0. The normalized spacial score (nSPS) is 11.2. The Labute approximate surface area is 171 Å². The SMILES string of the molecule is O=C(N/N=C\c1cc(N=Nc2ccccc2Cl)ccc1O)c1ccc(Cl)cc1. The number of carbonyl (C=O) groups is 1. The smallest absolute Gasteiger partial charge is 0.271 e. The third kappa shape index (κ3) is 5.16. The van der Waals surface area contributed by atoms with Crippen LogP contribution in [0, 0.1) is 0 Å². The topological polar surface area (TPSA) is 86.4 Å². The minimum absolute atomic E-state index is 0.0128. The molecule has 3 rings (SSSR count). The summed E-state index contributed by atoms with van der Waals surface area (Å²) in [5, 5.41) is 23.0. The number of hydrazone groups is 1. The van der Waals surface area contributed by atoms with Crippen LogP contribution in [0.5, 0.6) is 5.75 Å². The lowest BCUT2D eigenvalue weighted by Gasteiger charge is -2.02. The van der Waals surface area contributed by atoms with Crippen molar-refractivity contribution in [2.24, 2.45) is 15.3 Å². The highest BCUT2D eigenvalue weighted by Crippen LogP contribution is 2.27. The first kappa shape index (κ1) is 19.5. The van der Waals surface area contributed by atoms with Gasteiger partial charge >= 0.3 is 0 Å². The molecule has 3 aromatic carbocycles. The molecule has 2 N–H and O–H groups in total. The van der Waals surface area contributed by atoms with Gasteiger partial charge in [0.25, 0.3) is 5.91 Å². The molecule has 1 amide bonds. The second-order valence-electron chi connectivity index (χ2n) is 5.60. The third-order valence-electron chi connectivity index (χ3n) is 3.61. The van der Waals surface area contributed by atoms with Crippen molar-refractivity contribution in [1.29, 1.82) is 0 Å². The van der Waals surface area contributed by atoms with Gasteiger partial charge in [-0.05, 0) is 54.6 Å². The molecule has 0 aliphatic carbocycles. The summed E-state index contributed by atoms with van der Waals surface area (Å²) < 4.78 is 0. The van der Waals surface area contributed by atoms with Crippen LogP contribution in [0.1, 0.15) is 15.9 Å². The maximum absolute atomic E-state index is 12.0. The van der Waals surface area contributed by atoms with Crippen molar-refractivity contribution >= 4 is 46.7 Å². The van der Waals surface area contributed by atoms with Gasteiger partial charge in [-0.2, -0.15) is 10.2 Å². The average molecular weight is 413 g/mol. The van der Waals surface area contributed by atoms with Gasteiger partial charge in [0.15, 0.2) is 0 Å². The number of rotatable bonds is 5. The van der Waals surface area contributed by atoms with Gasteiger partial charge in [0.1, 0.15) is 11.4 Å². The van der Waals surface area contributed by atoms with Crippen LogP contribution >= 0.6 is 23.2 Å². The monoisotopic (exact) mass is 412 g/mol. The zero-order chi connectivity index (χ0) is 19.9. The molecule has 0 aliphatic rings. The molecule has 140 valence electrons. The minimum atomic E-state index is -0.401. The summed E-state index contributed by atoms with van der Waals surface area (Å²) in [5.74, 6) is -0.414. The number of phenols is 1. The van der Waals surface area contributed by atoms with E-state index in [-0.39, 0.29) is 5.75 Å². The van der Waals surface area contributed by atoms with Gasteiger partial charge in [-0.3, -0.25) is 4.79 Å². The number of halogens is 2. The molecule has 0 unspecified atom stereocenters. The maximum Gasteiger partial charge on any atom is 0.271 e. The number of azo groups is 1. The number of hydrogen-bond donors (Lipinski definition) is 2. The lowest BCUT2D eigenvalue weighted by atomic mass is 10.2. The Hall–Kier alpha value is -3.22. The third-order valence-corrected chi connectivity index (χ3v) is 4.18. The van der Waals surface area contributed by atoms with Gasteiger partial charge in [-0.1, -0.05) is 35.3 Å². The van der Waals surface area contributed by atoms with Crippen molar-refractivity contribution in [3.63, 3.8) is 0 Å². The zero-order valence-corrected chi connectivity index (χ0v) is 15.9. The molecular formula is C20H14Cl2N4O2. The van der Waals surface area contributed by atoms with E-state index in [0.717, 1.165) is 0 Å². The fourth-order valence-corrected chi connectivity index (χ4v) is 2.48. The lowest BCUT2D eigenvalue weighted by molar-refractivity contribution is 0.0955. The highest BCUT2D eigenvalue weighted by atomic mass is 35.5. The van der Waals surface area contributed by atoms with Crippen LogP contribution in [0.15, 0.2) is 82.1 Å². The highest BCUT2D eigenvalue weighted by Gasteiger charge is 2.05. The summed E-state index contributed by atoms with van der Waals surface area (Å²) in [5.41, 5.74) is 4.18. The van der Waals surface area contributed by atoms with Crippen LogP contribution in [-0.2, 0) is 0 Å². The Morgan fingerprint density at radius 2 is 1.71 bits per heavy atom. The largest absolute Gasteiger partial charge is 0.507 e. The van der Waals surface area contributed by atoms with E-state index in [4.69, 9.17) is 23.2 Å². The molecule has 28 heavy (non-hydrogen) atoms. The van der Waals surface area contributed by atoms with E-state index in [2.05, 4.69) is 20.8 Å². The van der Waals surface area contributed by atoms with Crippen LogP contribution in [0.25, 0.3) is 0 Å². The van der Waals surface area contributed by atoms with Crippen LogP contribution in [0.2, 0.25) is 10.0 Å². The Morgan fingerprint density at radius 1 is 0.964 bits per heavy atom. The number of hydrogen-bond acceptors (Lipinski definition) is 5. The number of amides is 1. The molecular weight excluding hydrogens is 399 g/mol. The van der Waals surface area contributed by atoms with Crippen LogP contribution in [0.3, 0.4) is 0 Å². The number of nitrogens with one attached hydrogen (secondary N) is 1. The van der Waals surface area contributed by atoms with Crippen molar-refractivity contribution in [3.8, 4) is 5.75 Å². The molecule has 0 saturated carbocycles. The van der Waals surface area contributed by atoms with Crippen LogP contribution in [0.4, 0.5) is 11.4 Å². The van der Waals surface area contributed by atoms with E-state index < -0.39 is 5.91 Å². The van der Waals surface area contributed by atoms with Crippen LogP contribution < -0.4 is 5.43 Å². The molecule has 3 aromatic rings. The zero-order valence-electron chi connectivity index (χ0n) is 14.4. The molecule has 0 atom stereocenters. The fraction of sp³-hybridized carbons (Fsp3) is 0. The number of nitrogens with zero attached hydrogens (tertiary/aromatic N) is 3.